The van der Waals surface area contributed by atoms with Gasteiger partial charge in [0.15, 0.2) is 5.96 Å². The number of hydrogen-bond donors (Lipinski definition) is 3. The van der Waals surface area contributed by atoms with E-state index >= 15 is 0 Å². The topological polar surface area (TPSA) is 81.9 Å². The molecule has 1 aromatic heterocycles. The number of aliphatic imine (C=N–C) groups is 1. The number of carbonyl (C=O) groups excluding carboxylic acids is 1. The highest BCUT2D eigenvalue weighted by atomic mass is 35.5. The molecule has 0 saturated heterocycles. The summed E-state index contributed by atoms with van der Waals surface area (Å²) in [7, 11) is 1.68. The third kappa shape index (κ3) is 7.11. The molecule has 29 heavy (non-hydrogen) atoms. The summed E-state index contributed by atoms with van der Waals surface area (Å²) in [6.45, 7) is 7.13. The monoisotopic (exact) mass is 419 g/mol. The van der Waals surface area contributed by atoms with Gasteiger partial charge in [-0.05, 0) is 36.9 Å². The van der Waals surface area contributed by atoms with Gasteiger partial charge in [-0.25, -0.2) is 0 Å². The lowest BCUT2D eigenvalue weighted by Gasteiger charge is -2.31. The van der Waals surface area contributed by atoms with E-state index in [4.69, 9.17) is 16.0 Å². The fraction of sp³-hybridized carbons (Fsp3) is 0.429. The molecule has 8 heteroatoms. The predicted octanol–water partition coefficient (Wildman–Crippen LogP) is 2.80. The summed E-state index contributed by atoms with van der Waals surface area (Å²) < 4.78 is 5.20. The van der Waals surface area contributed by atoms with Gasteiger partial charge >= 0.3 is 0 Å². The Morgan fingerprint density at radius 1 is 1.14 bits per heavy atom. The molecule has 0 spiro atoms. The van der Waals surface area contributed by atoms with Crippen molar-refractivity contribution < 1.29 is 9.21 Å². The quantitative estimate of drug-likeness (QED) is 0.407. The fourth-order valence-corrected chi connectivity index (χ4v) is 3.35. The summed E-state index contributed by atoms with van der Waals surface area (Å²) >= 11 is 6.45. The molecule has 1 aromatic carbocycles. The van der Waals surface area contributed by atoms with Crippen LogP contribution in [0.15, 0.2) is 52.1 Å². The number of likely N-dealkylation sites (N-methyl/N-ethyl adjacent to an activating group) is 1. The number of guanidine groups is 1. The molecule has 0 aliphatic carbocycles. The maximum absolute atomic E-state index is 12.0. The molecule has 1 unspecified atom stereocenters. The molecular weight excluding hydrogens is 390 g/mol. The van der Waals surface area contributed by atoms with Gasteiger partial charge in [-0.1, -0.05) is 43.6 Å². The first-order chi connectivity index (χ1) is 14.1. The first kappa shape index (κ1) is 22.8. The van der Waals surface area contributed by atoms with Gasteiger partial charge in [0.1, 0.15) is 5.76 Å². The Morgan fingerprint density at radius 2 is 1.90 bits per heavy atom. The van der Waals surface area contributed by atoms with Gasteiger partial charge in [-0.2, -0.15) is 0 Å². The zero-order valence-corrected chi connectivity index (χ0v) is 18.0. The first-order valence-corrected chi connectivity index (χ1v) is 10.2. The number of amides is 1. The van der Waals surface area contributed by atoms with E-state index in [1.165, 1.54) is 0 Å². The van der Waals surface area contributed by atoms with Crippen LogP contribution in [0.25, 0.3) is 0 Å². The molecule has 2 rings (SSSR count). The van der Waals surface area contributed by atoms with Crippen LogP contribution >= 0.6 is 11.6 Å². The molecule has 0 aliphatic heterocycles. The van der Waals surface area contributed by atoms with Crippen molar-refractivity contribution >= 4 is 23.5 Å². The Labute approximate surface area is 177 Å². The minimum atomic E-state index is -0.143. The molecule has 1 heterocycles. The predicted molar refractivity (Wildman–Crippen MR) is 117 cm³/mol. The molecule has 0 bridgehead atoms. The molecule has 158 valence electrons. The Balaban J connectivity index is 1.90. The fourth-order valence-electron chi connectivity index (χ4n) is 3.08. The van der Waals surface area contributed by atoms with Crippen LogP contribution in [0.4, 0.5) is 0 Å². The number of carbonyl (C=O) groups is 1. The Bertz CT molecular complexity index is 775. The largest absolute Gasteiger partial charge is 0.467 e. The van der Waals surface area contributed by atoms with Gasteiger partial charge in [0.2, 0.25) is 5.91 Å². The smallest absolute Gasteiger partial charge is 0.239 e. The minimum absolute atomic E-state index is 0.0880. The van der Waals surface area contributed by atoms with E-state index in [1.807, 2.05) is 30.3 Å². The zero-order valence-electron chi connectivity index (χ0n) is 17.2. The van der Waals surface area contributed by atoms with Gasteiger partial charge in [-0.15, -0.1) is 0 Å². The van der Waals surface area contributed by atoms with Crippen molar-refractivity contribution in [2.75, 3.05) is 33.2 Å². The normalized spacial score (nSPS) is 12.7. The molecule has 2 aromatic rings. The van der Waals surface area contributed by atoms with Crippen LogP contribution in [0.5, 0.6) is 0 Å². The number of hydrogen-bond acceptors (Lipinski definition) is 4. The lowest BCUT2D eigenvalue weighted by Crippen LogP contribution is -2.46. The molecule has 0 aliphatic rings. The average molecular weight is 420 g/mol. The van der Waals surface area contributed by atoms with Crippen molar-refractivity contribution in [3.63, 3.8) is 0 Å². The number of benzene rings is 1. The average Bonchev–Trinajstić information content (AvgIpc) is 3.26. The number of nitrogens with one attached hydrogen (secondary N) is 3. The van der Waals surface area contributed by atoms with E-state index in [-0.39, 0.29) is 18.5 Å². The summed E-state index contributed by atoms with van der Waals surface area (Å²) in [5.74, 6) is 1.13. The van der Waals surface area contributed by atoms with Gasteiger partial charge < -0.3 is 20.4 Å². The zero-order chi connectivity index (χ0) is 21.1. The van der Waals surface area contributed by atoms with Gasteiger partial charge in [0.05, 0.1) is 25.4 Å². The summed E-state index contributed by atoms with van der Waals surface area (Å²) in [4.78, 5) is 18.6. The van der Waals surface area contributed by atoms with E-state index in [2.05, 4.69) is 39.7 Å². The van der Waals surface area contributed by atoms with E-state index in [1.54, 1.807) is 19.4 Å². The molecule has 1 amide bonds. The van der Waals surface area contributed by atoms with Crippen LogP contribution in [0.2, 0.25) is 5.02 Å². The number of furan rings is 1. The highest BCUT2D eigenvalue weighted by molar-refractivity contribution is 6.31. The second kappa shape index (κ2) is 12.1. The maximum Gasteiger partial charge on any atom is 0.239 e. The highest BCUT2D eigenvalue weighted by Gasteiger charge is 2.20. The van der Waals surface area contributed by atoms with Crippen molar-refractivity contribution in [2.45, 2.75) is 26.4 Å². The second-order valence-electron chi connectivity index (χ2n) is 6.42. The summed E-state index contributed by atoms with van der Waals surface area (Å²) in [6.07, 6.45) is 1.58. The van der Waals surface area contributed by atoms with Crippen LogP contribution in [0.1, 0.15) is 31.2 Å². The molecular formula is C21H30ClN5O2. The Kier molecular flexibility index (Phi) is 9.53. The van der Waals surface area contributed by atoms with Gasteiger partial charge in [0.25, 0.3) is 0 Å². The highest BCUT2D eigenvalue weighted by Crippen LogP contribution is 2.26. The molecule has 0 radical (unpaired) electrons. The van der Waals surface area contributed by atoms with E-state index in [0.717, 1.165) is 23.7 Å². The standard InChI is InChI=1S/C21H30ClN5O2/c1-4-27(5-2)19(17-10-6-7-11-18(17)22)14-25-21(23-3)26-15-20(28)24-13-16-9-8-12-29-16/h6-12,19H,4-5,13-15H2,1-3H3,(H,24,28)(H2,23,25,26). The van der Waals surface area contributed by atoms with E-state index in [9.17, 15) is 4.79 Å². The van der Waals surface area contributed by atoms with Crippen LogP contribution in [-0.4, -0.2) is 50.0 Å². The van der Waals surface area contributed by atoms with Gasteiger partial charge in [0, 0.05) is 18.6 Å². The third-order valence-electron chi connectivity index (χ3n) is 4.66. The Hall–Kier alpha value is -2.51. The van der Waals surface area contributed by atoms with Crippen LogP contribution in [0, 0.1) is 0 Å². The number of rotatable bonds is 10. The first-order valence-electron chi connectivity index (χ1n) is 9.81. The van der Waals surface area contributed by atoms with Gasteiger partial charge in [-0.3, -0.25) is 14.7 Å². The summed E-state index contributed by atoms with van der Waals surface area (Å²) in [5, 5.41) is 9.89. The molecule has 0 saturated carbocycles. The maximum atomic E-state index is 12.0. The van der Waals surface area contributed by atoms with Crippen molar-refractivity contribution in [3.05, 3.63) is 59.0 Å². The molecule has 7 nitrogen and oxygen atoms in total. The van der Waals surface area contributed by atoms with Crippen LogP contribution in [-0.2, 0) is 11.3 Å². The molecule has 3 N–H and O–H groups in total. The molecule has 1 atom stereocenters. The van der Waals surface area contributed by atoms with Crippen LogP contribution < -0.4 is 16.0 Å². The summed E-state index contributed by atoms with van der Waals surface area (Å²) in [5.41, 5.74) is 1.07. The minimum Gasteiger partial charge on any atom is -0.467 e. The SMILES string of the molecule is CCN(CC)C(CNC(=NC)NCC(=O)NCc1ccco1)c1ccccc1Cl. The number of halogens is 1. The number of nitrogens with zero attached hydrogens (tertiary/aromatic N) is 2. The van der Waals surface area contributed by atoms with Crippen LogP contribution in [0.3, 0.4) is 0 Å². The van der Waals surface area contributed by atoms with Crippen molar-refractivity contribution in [3.8, 4) is 0 Å². The van der Waals surface area contributed by atoms with Crippen molar-refractivity contribution in [1.29, 1.82) is 0 Å². The lowest BCUT2D eigenvalue weighted by molar-refractivity contribution is -0.120. The Morgan fingerprint density at radius 3 is 2.52 bits per heavy atom. The van der Waals surface area contributed by atoms with Crippen molar-refractivity contribution in [1.82, 2.24) is 20.9 Å². The second-order valence-corrected chi connectivity index (χ2v) is 6.83. The van der Waals surface area contributed by atoms with E-state index in [0.29, 0.717) is 24.8 Å². The van der Waals surface area contributed by atoms with Crippen molar-refractivity contribution in [2.24, 2.45) is 4.99 Å². The third-order valence-corrected chi connectivity index (χ3v) is 5.00. The lowest BCUT2D eigenvalue weighted by atomic mass is 10.0. The summed E-state index contributed by atoms with van der Waals surface area (Å²) in [6, 6.07) is 11.6. The van der Waals surface area contributed by atoms with E-state index < -0.39 is 0 Å². The molecule has 0 fully saturated rings.